The molecule has 0 saturated carbocycles. The van der Waals surface area contributed by atoms with Crippen molar-refractivity contribution >= 4 is 50.3 Å². The number of anilines is 2. The lowest BCUT2D eigenvalue weighted by Crippen LogP contribution is -2.33. The zero-order valence-corrected chi connectivity index (χ0v) is 33.5. The van der Waals surface area contributed by atoms with Gasteiger partial charge < -0.3 is 19.5 Å². The van der Waals surface area contributed by atoms with Gasteiger partial charge in [-0.1, -0.05) is 68.5 Å². The highest BCUT2D eigenvalue weighted by atomic mass is 32.1. The fourth-order valence-electron chi connectivity index (χ4n) is 7.85. The second-order valence-corrected chi connectivity index (χ2v) is 16.7. The van der Waals surface area contributed by atoms with Crippen molar-refractivity contribution in [1.82, 2.24) is 14.9 Å². The first-order valence-corrected chi connectivity index (χ1v) is 20.1. The number of aromatic carboxylic acids is 1. The molecule has 56 heavy (non-hydrogen) atoms. The predicted molar refractivity (Wildman–Crippen MR) is 220 cm³/mol. The molecule has 3 aromatic carbocycles. The van der Waals surface area contributed by atoms with E-state index in [0.29, 0.717) is 73.0 Å². The Morgan fingerprint density at radius 3 is 2.59 bits per heavy atom. The Hall–Kier alpha value is -5.33. The van der Waals surface area contributed by atoms with E-state index in [4.69, 9.17) is 14.5 Å². The maximum Gasteiger partial charge on any atom is 0.355 e. The third-order valence-corrected chi connectivity index (χ3v) is 11.7. The van der Waals surface area contributed by atoms with E-state index in [2.05, 4.69) is 40.9 Å². The van der Waals surface area contributed by atoms with Crippen LogP contribution in [0.3, 0.4) is 0 Å². The highest BCUT2D eigenvalue weighted by molar-refractivity contribution is 7.22. The number of aromatic nitrogens is 2. The van der Waals surface area contributed by atoms with Crippen LogP contribution in [0.2, 0.25) is 0 Å². The van der Waals surface area contributed by atoms with E-state index >= 15 is 0 Å². The zero-order valence-electron chi connectivity index (χ0n) is 32.7. The maximum atomic E-state index is 13.7. The molecule has 1 saturated heterocycles. The Balaban J connectivity index is 1.13. The number of thiazole rings is 1. The summed E-state index contributed by atoms with van der Waals surface area (Å²) in [5.41, 5.74) is 5.97. The fraction of sp³-hybridized carbons (Fsp3) is 0.386. The molecule has 7 rings (SSSR count). The van der Waals surface area contributed by atoms with Crippen LogP contribution in [-0.4, -0.2) is 77.2 Å². The lowest BCUT2D eigenvalue weighted by atomic mass is 9.80. The first-order valence-electron chi connectivity index (χ1n) is 19.3. The van der Waals surface area contributed by atoms with Crippen molar-refractivity contribution in [3.05, 3.63) is 100 Å². The van der Waals surface area contributed by atoms with Crippen molar-refractivity contribution in [1.29, 1.82) is 0 Å². The summed E-state index contributed by atoms with van der Waals surface area (Å²) in [6.45, 7) is 14.0. The average molecular weight is 776 g/mol. The number of carbonyl (C=O) groups excluding carboxylic acids is 2. The van der Waals surface area contributed by atoms with Gasteiger partial charge in [-0.3, -0.25) is 19.8 Å². The quantitative estimate of drug-likeness (QED) is 0.120. The molecule has 12 heteroatoms. The van der Waals surface area contributed by atoms with Crippen molar-refractivity contribution in [2.75, 3.05) is 49.6 Å². The molecule has 2 N–H and O–H groups in total. The third-order valence-electron chi connectivity index (χ3n) is 10.7. The smallest absolute Gasteiger partial charge is 0.355 e. The zero-order chi connectivity index (χ0) is 39.6. The molecule has 1 amide bonds. The molecule has 0 bridgehead atoms. The molecule has 11 nitrogen and oxygen atoms in total. The number of carbonyl (C=O) groups is 3. The minimum absolute atomic E-state index is 0.0204. The number of likely N-dealkylation sites (tertiary alicyclic amines) is 1. The number of carboxylic acids is 1. The molecule has 0 spiro atoms. The van der Waals surface area contributed by atoms with E-state index < -0.39 is 11.4 Å². The fourth-order valence-corrected chi connectivity index (χ4v) is 8.71. The number of nitrogens with one attached hydrogen (secondary N) is 1. The topological polar surface area (TPSA) is 134 Å². The monoisotopic (exact) mass is 775 g/mol. The Morgan fingerprint density at radius 1 is 1.02 bits per heavy atom. The summed E-state index contributed by atoms with van der Waals surface area (Å²) in [4.78, 5) is 52.4. The summed E-state index contributed by atoms with van der Waals surface area (Å²) >= 11 is 1.43. The number of hydrogen-bond donors (Lipinski definition) is 2. The molecule has 4 heterocycles. The van der Waals surface area contributed by atoms with Gasteiger partial charge in [0.2, 0.25) is 0 Å². The van der Waals surface area contributed by atoms with Crippen molar-refractivity contribution < 1.29 is 29.0 Å². The second-order valence-electron chi connectivity index (χ2n) is 15.6. The van der Waals surface area contributed by atoms with Crippen LogP contribution >= 0.6 is 11.3 Å². The van der Waals surface area contributed by atoms with E-state index in [-0.39, 0.29) is 17.6 Å². The van der Waals surface area contributed by atoms with Gasteiger partial charge in [0.25, 0.3) is 5.91 Å². The third kappa shape index (κ3) is 8.41. The molecule has 5 aromatic rings. The van der Waals surface area contributed by atoms with Crippen molar-refractivity contribution in [2.24, 2.45) is 5.92 Å². The minimum Gasteiger partial charge on any atom is -0.493 e. The Morgan fingerprint density at radius 2 is 1.82 bits per heavy atom. The minimum atomic E-state index is -1.11. The van der Waals surface area contributed by atoms with Crippen LogP contribution in [0, 0.1) is 12.8 Å². The molecule has 0 radical (unpaired) electrons. The molecule has 1 fully saturated rings. The second kappa shape index (κ2) is 16.4. The number of ether oxygens (including phenoxy) is 2. The number of para-hydroxylation sites is 1. The standard InChI is InChI=1S/C44H49N5O6S/c1-6-54-38(50)26-48-20-17-28(24-48)19-22-55-35-15-10-12-30(27(35)2)39-33(44(3,4)5)23-37(46-40(39)42(52)53)49-21-18-29-11-9-13-31(32(29)25-49)41(51)47-43-45-34-14-7-8-16-36(34)56-43/h7-16,23,28H,6,17-22,24-26H2,1-5H3,(H,52,53)(H,45,47,51)/t28-/m0/s1. The van der Waals surface area contributed by atoms with Gasteiger partial charge >= 0.3 is 11.9 Å². The van der Waals surface area contributed by atoms with Gasteiger partial charge in [0.05, 0.1) is 30.0 Å². The van der Waals surface area contributed by atoms with Gasteiger partial charge in [0.15, 0.2) is 10.8 Å². The lowest BCUT2D eigenvalue weighted by Gasteiger charge is -2.33. The number of esters is 1. The SMILES string of the molecule is CCOC(=O)CN1CC[C@@H](CCOc2cccc(-c3c(C(C)(C)C)cc(N4CCc5cccc(C(=O)Nc6nc7ccccc7s6)c5C4)nc3C(=O)O)c2C)C1. The molecular formula is C44H49N5O6S. The van der Waals surface area contributed by atoms with Gasteiger partial charge in [-0.05, 0) is 109 Å². The van der Waals surface area contributed by atoms with E-state index in [0.717, 1.165) is 64.0 Å². The van der Waals surface area contributed by atoms with E-state index in [1.807, 2.05) is 80.6 Å². The van der Waals surface area contributed by atoms with Gasteiger partial charge in [0.1, 0.15) is 11.6 Å². The first kappa shape index (κ1) is 38.9. The summed E-state index contributed by atoms with van der Waals surface area (Å²) in [6.07, 6.45) is 2.52. The molecule has 1 atom stereocenters. The van der Waals surface area contributed by atoms with Crippen LogP contribution in [0.25, 0.3) is 21.3 Å². The first-order chi connectivity index (χ1) is 26.9. The highest BCUT2D eigenvalue weighted by Crippen LogP contribution is 2.41. The summed E-state index contributed by atoms with van der Waals surface area (Å²) in [5, 5.41) is 14.3. The lowest BCUT2D eigenvalue weighted by molar-refractivity contribution is -0.144. The largest absolute Gasteiger partial charge is 0.493 e. The number of pyridine rings is 1. The summed E-state index contributed by atoms with van der Waals surface area (Å²) < 4.78 is 12.5. The summed E-state index contributed by atoms with van der Waals surface area (Å²) in [7, 11) is 0. The van der Waals surface area contributed by atoms with E-state index in [1.54, 1.807) is 0 Å². The maximum absolute atomic E-state index is 13.7. The van der Waals surface area contributed by atoms with Crippen LogP contribution in [0.15, 0.2) is 66.7 Å². The Bertz CT molecular complexity index is 2250. The van der Waals surface area contributed by atoms with Crippen LogP contribution in [-0.2, 0) is 27.9 Å². The van der Waals surface area contributed by atoms with Gasteiger partial charge in [-0.25, -0.2) is 14.8 Å². The summed E-state index contributed by atoms with van der Waals surface area (Å²) in [6, 6.07) is 21.4. The van der Waals surface area contributed by atoms with Crippen LogP contribution < -0.4 is 15.0 Å². The number of rotatable bonds is 12. The highest BCUT2D eigenvalue weighted by Gasteiger charge is 2.31. The van der Waals surface area contributed by atoms with E-state index in [9.17, 15) is 19.5 Å². The molecule has 2 aliphatic rings. The summed E-state index contributed by atoms with van der Waals surface area (Å²) in [5.74, 6) is 0.146. The van der Waals surface area contributed by atoms with Crippen molar-refractivity contribution in [3.8, 4) is 16.9 Å². The van der Waals surface area contributed by atoms with Crippen molar-refractivity contribution in [2.45, 2.75) is 65.8 Å². The number of benzene rings is 3. The predicted octanol–water partition coefficient (Wildman–Crippen LogP) is 8.13. The Kier molecular flexibility index (Phi) is 11.4. The van der Waals surface area contributed by atoms with Crippen LogP contribution in [0.1, 0.15) is 83.6 Å². The number of nitrogens with zero attached hydrogens (tertiary/aromatic N) is 4. The Labute approximate surface area is 331 Å². The normalized spacial score (nSPS) is 15.8. The molecular weight excluding hydrogens is 727 g/mol. The molecule has 2 aliphatic heterocycles. The van der Waals surface area contributed by atoms with Gasteiger partial charge in [-0.2, -0.15) is 0 Å². The molecule has 0 aliphatic carbocycles. The number of hydrogen-bond acceptors (Lipinski definition) is 10. The van der Waals surface area contributed by atoms with Gasteiger partial charge in [-0.15, -0.1) is 0 Å². The van der Waals surface area contributed by atoms with Gasteiger partial charge in [0, 0.05) is 30.8 Å². The average Bonchev–Trinajstić information content (AvgIpc) is 3.80. The number of fused-ring (bicyclic) bond motifs is 2. The molecule has 292 valence electrons. The number of amides is 1. The van der Waals surface area contributed by atoms with Crippen LogP contribution in [0.4, 0.5) is 10.9 Å². The molecule has 2 aromatic heterocycles. The van der Waals surface area contributed by atoms with Crippen molar-refractivity contribution in [3.63, 3.8) is 0 Å². The molecule has 0 unspecified atom stereocenters. The van der Waals surface area contributed by atoms with E-state index in [1.165, 1.54) is 11.3 Å². The van der Waals surface area contributed by atoms with Crippen LogP contribution in [0.5, 0.6) is 5.75 Å². The number of carboxylic acid groups (broad SMARTS) is 1.